The average molecular weight is 507 g/mol. The Morgan fingerprint density at radius 3 is 1.92 bits per heavy atom. The van der Waals surface area contributed by atoms with Crippen LogP contribution in [0.15, 0.2) is 109 Å². The Kier molecular flexibility index (Phi) is 9.30. The molecule has 4 aromatic carbocycles. The predicted octanol–water partition coefficient (Wildman–Crippen LogP) is 5.50. The monoisotopic (exact) mass is 506 g/mol. The second kappa shape index (κ2) is 13.2. The van der Waals surface area contributed by atoms with Crippen LogP contribution in [0.2, 0.25) is 0 Å². The summed E-state index contributed by atoms with van der Waals surface area (Å²) in [6.07, 6.45) is 0.630. The van der Waals surface area contributed by atoms with Gasteiger partial charge in [0.05, 0.1) is 13.5 Å². The van der Waals surface area contributed by atoms with Crippen LogP contribution in [0.4, 0.5) is 0 Å². The number of nitrogens with one attached hydrogen (secondary N) is 1. The van der Waals surface area contributed by atoms with Crippen LogP contribution in [-0.4, -0.2) is 29.9 Å². The summed E-state index contributed by atoms with van der Waals surface area (Å²) in [5.41, 5.74) is 5.02. The first-order valence-electron chi connectivity index (χ1n) is 12.9. The van der Waals surface area contributed by atoms with Gasteiger partial charge in [-0.3, -0.25) is 9.59 Å². The van der Waals surface area contributed by atoms with Crippen LogP contribution in [0.1, 0.15) is 27.8 Å². The molecule has 0 aliphatic carbocycles. The number of amides is 2. The molecule has 0 heterocycles. The van der Waals surface area contributed by atoms with E-state index in [0.717, 1.165) is 28.0 Å². The number of benzene rings is 4. The van der Waals surface area contributed by atoms with Crippen molar-refractivity contribution in [2.75, 3.05) is 7.11 Å². The first-order valence-corrected chi connectivity index (χ1v) is 12.9. The van der Waals surface area contributed by atoms with Crippen LogP contribution < -0.4 is 10.1 Å². The predicted molar refractivity (Wildman–Crippen MR) is 151 cm³/mol. The topological polar surface area (TPSA) is 58.6 Å². The zero-order chi connectivity index (χ0) is 26.7. The van der Waals surface area contributed by atoms with Crippen molar-refractivity contribution in [2.45, 2.75) is 38.9 Å². The maximum absolute atomic E-state index is 13.8. The minimum Gasteiger partial charge on any atom is -0.497 e. The normalized spacial score (nSPS) is 11.4. The van der Waals surface area contributed by atoms with Gasteiger partial charge in [0.25, 0.3) is 0 Å². The smallest absolute Gasteiger partial charge is 0.243 e. The van der Waals surface area contributed by atoms with Crippen LogP contribution in [0.25, 0.3) is 0 Å². The number of hydrogen-bond donors (Lipinski definition) is 1. The Hall–Kier alpha value is -4.38. The molecule has 5 heteroatoms. The van der Waals surface area contributed by atoms with Gasteiger partial charge >= 0.3 is 0 Å². The highest BCUT2D eigenvalue weighted by molar-refractivity contribution is 5.88. The molecule has 0 spiro atoms. The number of carbonyl (C=O) groups is 2. The molecule has 0 saturated carbocycles. The lowest BCUT2D eigenvalue weighted by Crippen LogP contribution is -2.50. The van der Waals surface area contributed by atoms with Gasteiger partial charge in [-0.25, -0.2) is 0 Å². The molecule has 0 fully saturated rings. The third-order valence-corrected chi connectivity index (χ3v) is 6.57. The van der Waals surface area contributed by atoms with Gasteiger partial charge in [-0.05, 0) is 41.3 Å². The van der Waals surface area contributed by atoms with Crippen molar-refractivity contribution in [1.29, 1.82) is 0 Å². The highest BCUT2D eigenvalue weighted by atomic mass is 16.5. The van der Waals surface area contributed by atoms with E-state index < -0.39 is 6.04 Å². The summed E-state index contributed by atoms with van der Waals surface area (Å²) in [4.78, 5) is 29.3. The molecule has 0 aromatic heterocycles. The fourth-order valence-corrected chi connectivity index (χ4v) is 4.37. The van der Waals surface area contributed by atoms with Crippen LogP contribution in [0, 0.1) is 6.92 Å². The highest BCUT2D eigenvalue weighted by Crippen LogP contribution is 2.19. The van der Waals surface area contributed by atoms with Crippen LogP contribution in [0.5, 0.6) is 5.75 Å². The number of ether oxygens (including phenoxy) is 1. The number of hydrogen-bond acceptors (Lipinski definition) is 3. The van der Waals surface area contributed by atoms with E-state index in [-0.39, 0.29) is 18.2 Å². The summed E-state index contributed by atoms with van der Waals surface area (Å²) in [6, 6.07) is 34.5. The zero-order valence-electron chi connectivity index (χ0n) is 22.0. The van der Waals surface area contributed by atoms with Gasteiger partial charge in [-0.1, -0.05) is 103 Å². The third kappa shape index (κ3) is 7.56. The van der Waals surface area contributed by atoms with E-state index in [0.29, 0.717) is 19.5 Å². The average Bonchev–Trinajstić information content (AvgIpc) is 2.96. The summed E-state index contributed by atoms with van der Waals surface area (Å²) >= 11 is 0. The molecule has 194 valence electrons. The van der Waals surface area contributed by atoms with E-state index >= 15 is 0 Å². The second-order valence-corrected chi connectivity index (χ2v) is 9.44. The SMILES string of the molecule is COc1ccc(CN(C(=O)Cc2ccccc2)[C@@H](Cc2ccccc2)C(=O)NCc2ccc(C)cc2)cc1. The largest absolute Gasteiger partial charge is 0.497 e. The second-order valence-electron chi connectivity index (χ2n) is 9.44. The van der Waals surface area contributed by atoms with Crippen molar-refractivity contribution in [2.24, 2.45) is 0 Å². The fraction of sp³-hybridized carbons (Fsp3) is 0.212. The van der Waals surface area contributed by atoms with Gasteiger partial charge in [-0.2, -0.15) is 0 Å². The van der Waals surface area contributed by atoms with Crippen molar-refractivity contribution in [3.8, 4) is 5.75 Å². The molecule has 5 nitrogen and oxygen atoms in total. The minimum atomic E-state index is -0.679. The van der Waals surface area contributed by atoms with Gasteiger partial charge < -0.3 is 15.0 Å². The molecule has 1 N–H and O–H groups in total. The van der Waals surface area contributed by atoms with Gasteiger partial charge in [0.15, 0.2) is 0 Å². The standard InChI is InChI=1S/C33H34N2O3/c1-25-13-15-28(16-14-25)23-34-33(37)31(21-26-9-5-3-6-10-26)35(24-29-17-19-30(38-2)20-18-29)32(36)22-27-11-7-4-8-12-27/h3-20,31H,21-24H2,1-2H3,(H,34,37)/t31-/m0/s1. The maximum Gasteiger partial charge on any atom is 0.243 e. The van der Waals surface area contributed by atoms with Gasteiger partial charge in [0.2, 0.25) is 11.8 Å². The molecular formula is C33H34N2O3. The Morgan fingerprint density at radius 1 is 0.737 bits per heavy atom. The lowest BCUT2D eigenvalue weighted by atomic mass is 10.0. The van der Waals surface area contributed by atoms with E-state index in [2.05, 4.69) is 5.32 Å². The van der Waals surface area contributed by atoms with Crippen molar-refractivity contribution in [3.63, 3.8) is 0 Å². The van der Waals surface area contributed by atoms with E-state index in [1.165, 1.54) is 5.56 Å². The molecular weight excluding hydrogens is 472 g/mol. The first kappa shape index (κ1) is 26.7. The molecule has 4 rings (SSSR count). The summed E-state index contributed by atoms with van der Waals surface area (Å²) < 4.78 is 5.30. The third-order valence-electron chi connectivity index (χ3n) is 6.57. The number of aryl methyl sites for hydroxylation is 1. The summed E-state index contributed by atoms with van der Waals surface area (Å²) in [5, 5.41) is 3.09. The van der Waals surface area contributed by atoms with Crippen molar-refractivity contribution in [1.82, 2.24) is 10.2 Å². The number of carbonyl (C=O) groups excluding carboxylic acids is 2. The molecule has 0 aliphatic heterocycles. The Morgan fingerprint density at radius 2 is 1.32 bits per heavy atom. The van der Waals surface area contributed by atoms with Crippen LogP contribution in [0.3, 0.4) is 0 Å². The molecule has 0 saturated heterocycles. The van der Waals surface area contributed by atoms with Crippen molar-refractivity contribution >= 4 is 11.8 Å². The Bertz CT molecular complexity index is 1300. The summed E-state index contributed by atoms with van der Waals surface area (Å²) in [7, 11) is 1.62. The lowest BCUT2D eigenvalue weighted by molar-refractivity contribution is -0.140. The quantitative estimate of drug-likeness (QED) is 0.292. The summed E-state index contributed by atoms with van der Waals surface area (Å²) in [5.74, 6) is 0.468. The van der Waals surface area contributed by atoms with E-state index in [1.54, 1.807) is 12.0 Å². The van der Waals surface area contributed by atoms with E-state index in [1.807, 2.05) is 116 Å². The van der Waals surface area contributed by atoms with Crippen LogP contribution in [-0.2, 0) is 35.5 Å². The zero-order valence-corrected chi connectivity index (χ0v) is 22.0. The molecule has 0 bridgehead atoms. The molecule has 0 radical (unpaired) electrons. The summed E-state index contributed by atoms with van der Waals surface area (Å²) in [6.45, 7) is 2.74. The first-order chi connectivity index (χ1) is 18.5. The number of nitrogens with zero attached hydrogens (tertiary/aromatic N) is 1. The Balaban J connectivity index is 1.63. The molecule has 38 heavy (non-hydrogen) atoms. The minimum absolute atomic E-state index is 0.0987. The Labute approximate surface area is 225 Å². The maximum atomic E-state index is 13.8. The van der Waals surface area contributed by atoms with Gasteiger partial charge in [0.1, 0.15) is 11.8 Å². The molecule has 0 unspecified atom stereocenters. The number of methoxy groups -OCH3 is 1. The molecule has 0 aliphatic rings. The molecule has 1 atom stereocenters. The number of rotatable bonds is 11. The van der Waals surface area contributed by atoms with Crippen LogP contribution >= 0.6 is 0 Å². The van der Waals surface area contributed by atoms with Crippen molar-refractivity contribution < 1.29 is 14.3 Å². The van der Waals surface area contributed by atoms with E-state index in [4.69, 9.17) is 4.74 Å². The van der Waals surface area contributed by atoms with E-state index in [9.17, 15) is 9.59 Å². The highest BCUT2D eigenvalue weighted by Gasteiger charge is 2.30. The van der Waals surface area contributed by atoms with Gasteiger partial charge in [-0.15, -0.1) is 0 Å². The fourth-order valence-electron chi connectivity index (χ4n) is 4.37. The van der Waals surface area contributed by atoms with Crippen molar-refractivity contribution in [3.05, 3.63) is 137 Å². The molecule has 2 amide bonds. The molecule has 4 aromatic rings. The lowest BCUT2D eigenvalue weighted by Gasteiger charge is -2.32. The van der Waals surface area contributed by atoms with Gasteiger partial charge in [0, 0.05) is 19.5 Å².